The van der Waals surface area contributed by atoms with Gasteiger partial charge in [0.15, 0.2) is 0 Å². The Kier molecular flexibility index (Phi) is 9.38. The summed E-state index contributed by atoms with van der Waals surface area (Å²) in [6, 6.07) is 0.485. The lowest BCUT2D eigenvalue weighted by Gasteiger charge is -2.17. The molecule has 0 aromatic carbocycles. The van der Waals surface area contributed by atoms with Crippen molar-refractivity contribution in [3.8, 4) is 0 Å². The molecule has 1 aromatic heterocycles. The Hall–Kier alpha value is -0.830. The molecule has 1 atom stereocenters. The van der Waals surface area contributed by atoms with E-state index in [1.165, 1.54) is 63.4 Å². The second kappa shape index (κ2) is 10.9. The van der Waals surface area contributed by atoms with E-state index in [9.17, 15) is 0 Å². The normalized spacial score (nSPS) is 12.8. The van der Waals surface area contributed by atoms with Crippen molar-refractivity contribution in [3.05, 3.63) is 18.0 Å². The summed E-state index contributed by atoms with van der Waals surface area (Å²) in [4.78, 5) is 0. The van der Waals surface area contributed by atoms with E-state index in [1.54, 1.807) is 0 Å². The number of nitrogens with one attached hydrogen (secondary N) is 1. The third kappa shape index (κ3) is 7.09. The van der Waals surface area contributed by atoms with Crippen LogP contribution in [0.3, 0.4) is 0 Å². The van der Waals surface area contributed by atoms with Crippen molar-refractivity contribution in [2.45, 2.75) is 77.7 Å². The van der Waals surface area contributed by atoms with Crippen molar-refractivity contribution in [2.75, 3.05) is 6.54 Å². The molecule has 1 rings (SSSR count). The SMILES string of the molecule is CCCCCCCCCC(NCCC)c1cnn(C)c1. The molecule has 1 aromatic rings. The third-order valence-corrected chi connectivity index (χ3v) is 3.86. The monoisotopic (exact) mass is 279 g/mol. The van der Waals surface area contributed by atoms with Gasteiger partial charge < -0.3 is 5.32 Å². The Bertz CT molecular complexity index is 333. The number of hydrogen-bond donors (Lipinski definition) is 1. The van der Waals surface area contributed by atoms with Crippen LogP contribution in [-0.4, -0.2) is 16.3 Å². The van der Waals surface area contributed by atoms with Crippen molar-refractivity contribution in [2.24, 2.45) is 7.05 Å². The van der Waals surface area contributed by atoms with Gasteiger partial charge in [-0.3, -0.25) is 4.68 Å². The van der Waals surface area contributed by atoms with Gasteiger partial charge in [0, 0.05) is 24.8 Å². The van der Waals surface area contributed by atoms with Crippen LogP contribution in [0.25, 0.3) is 0 Å². The first kappa shape index (κ1) is 17.2. The molecule has 20 heavy (non-hydrogen) atoms. The Morgan fingerprint density at radius 3 is 2.35 bits per heavy atom. The maximum Gasteiger partial charge on any atom is 0.0537 e. The average molecular weight is 279 g/mol. The summed E-state index contributed by atoms with van der Waals surface area (Å²) in [7, 11) is 1.99. The van der Waals surface area contributed by atoms with E-state index >= 15 is 0 Å². The molecular formula is C17H33N3. The maximum atomic E-state index is 4.30. The second-order valence-electron chi connectivity index (χ2n) is 5.86. The molecule has 3 nitrogen and oxygen atoms in total. The number of unbranched alkanes of at least 4 members (excludes halogenated alkanes) is 6. The van der Waals surface area contributed by atoms with Crippen LogP contribution in [0.4, 0.5) is 0 Å². The molecule has 1 heterocycles. The quantitative estimate of drug-likeness (QED) is 0.567. The molecule has 116 valence electrons. The summed E-state index contributed by atoms with van der Waals surface area (Å²) in [6.45, 7) is 5.59. The van der Waals surface area contributed by atoms with Crippen molar-refractivity contribution in [3.63, 3.8) is 0 Å². The van der Waals surface area contributed by atoms with Crippen molar-refractivity contribution < 1.29 is 0 Å². The van der Waals surface area contributed by atoms with E-state index in [0.29, 0.717) is 6.04 Å². The molecule has 0 aliphatic rings. The number of aromatic nitrogens is 2. The molecule has 0 radical (unpaired) electrons. The van der Waals surface area contributed by atoms with Crippen LogP contribution in [0.15, 0.2) is 12.4 Å². The van der Waals surface area contributed by atoms with Crippen molar-refractivity contribution in [1.29, 1.82) is 0 Å². The van der Waals surface area contributed by atoms with Crippen molar-refractivity contribution >= 4 is 0 Å². The van der Waals surface area contributed by atoms with Crippen LogP contribution in [0.5, 0.6) is 0 Å². The van der Waals surface area contributed by atoms with Crippen LogP contribution in [0.1, 0.15) is 83.2 Å². The van der Waals surface area contributed by atoms with Gasteiger partial charge in [-0.15, -0.1) is 0 Å². The second-order valence-corrected chi connectivity index (χ2v) is 5.86. The molecule has 0 saturated heterocycles. The van der Waals surface area contributed by atoms with E-state index in [2.05, 4.69) is 30.5 Å². The molecule has 1 N–H and O–H groups in total. The standard InChI is InChI=1S/C17H33N3/c1-4-6-7-8-9-10-11-12-17(18-13-5-2)16-14-19-20(3)15-16/h14-15,17-18H,4-13H2,1-3H3. The van der Waals surface area contributed by atoms with Gasteiger partial charge in [0.1, 0.15) is 0 Å². The molecule has 1 unspecified atom stereocenters. The first-order valence-corrected chi connectivity index (χ1v) is 8.49. The van der Waals surface area contributed by atoms with E-state index in [1.807, 2.05) is 17.9 Å². The smallest absolute Gasteiger partial charge is 0.0537 e. The third-order valence-electron chi connectivity index (χ3n) is 3.86. The largest absolute Gasteiger partial charge is 0.310 e. The lowest BCUT2D eigenvalue weighted by molar-refractivity contribution is 0.465. The highest BCUT2D eigenvalue weighted by Gasteiger charge is 2.11. The van der Waals surface area contributed by atoms with Gasteiger partial charge in [-0.05, 0) is 19.4 Å². The van der Waals surface area contributed by atoms with Gasteiger partial charge in [0.25, 0.3) is 0 Å². The molecule has 0 spiro atoms. The number of nitrogens with zero attached hydrogens (tertiary/aromatic N) is 2. The fourth-order valence-electron chi connectivity index (χ4n) is 2.63. The summed E-state index contributed by atoms with van der Waals surface area (Å²) in [5.74, 6) is 0. The number of rotatable bonds is 12. The Morgan fingerprint density at radius 1 is 1.05 bits per heavy atom. The zero-order valence-electron chi connectivity index (χ0n) is 13.7. The molecule has 0 amide bonds. The summed E-state index contributed by atoms with van der Waals surface area (Å²) >= 11 is 0. The molecule has 0 aliphatic heterocycles. The topological polar surface area (TPSA) is 29.9 Å². The maximum absolute atomic E-state index is 4.30. The number of hydrogen-bond acceptors (Lipinski definition) is 2. The highest BCUT2D eigenvalue weighted by molar-refractivity contribution is 5.10. The van der Waals surface area contributed by atoms with Gasteiger partial charge in [0.2, 0.25) is 0 Å². The highest BCUT2D eigenvalue weighted by atomic mass is 15.2. The summed E-state index contributed by atoms with van der Waals surface area (Å²) in [6.07, 6.45) is 16.2. The Labute approximate surface area is 125 Å². The van der Waals surface area contributed by atoms with Crippen LogP contribution in [0, 0.1) is 0 Å². The minimum atomic E-state index is 0.485. The zero-order valence-corrected chi connectivity index (χ0v) is 13.7. The molecular weight excluding hydrogens is 246 g/mol. The van der Waals surface area contributed by atoms with Gasteiger partial charge in [-0.2, -0.15) is 5.10 Å². The van der Waals surface area contributed by atoms with E-state index in [4.69, 9.17) is 0 Å². The fourth-order valence-corrected chi connectivity index (χ4v) is 2.63. The summed E-state index contributed by atoms with van der Waals surface area (Å²) in [5, 5.41) is 7.96. The molecule has 3 heteroatoms. The Morgan fingerprint density at radius 2 is 1.75 bits per heavy atom. The molecule has 0 bridgehead atoms. The molecule has 0 saturated carbocycles. The van der Waals surface area contributed by atoms with Gasteiger partial charge in [0.05, 0.1) is 6.20 Å². The molecule has 0 fully saturated rings. The minimum absolute atomic E-state index is 0.485. The van der Waals surface area contributed by atoms with Crippen LogP contribution >= 0.6 is 0 Å². The lowest BCUT2D eigenvalue weighted by Crippen LogP contribution is -2.21. The predicted octanol–water partition coefficient (Wildman–Crippen LogP) is 4.60. The van der Waals surface area contributed by atoms with Gasteiger partial charge in [-0.25, -0.2) is 0 Å². The van der Waals surface area contributed by atoms with E-state index in [-0.39, 0.29) is 0 Å². The zero-order chi connectivity index (χ0) is 14.6. The van der Waals surface area contributed by atoms with E-state index < -0.39 is 0 Å². The summed E-state index contributed by atoms with van der Waals surface area (Å²) in [5.41, 5.74) is 1.34. The van der Waals surface area contributed by atoms with Gasteiger partial charge in [-0.1, -0.05) is 58.8 Å². The van der Waals surface area contributed by atoms with Gasteiger partial charge >= 0.3 is 0 Å². The fraction of sp³-hybridized carbons (Fsp3) is 0.824. The number of aryl methyl sites for hydroxylation is 1. The minimum Gasteiger partial charge on any atom is -0.310 e. The van der Waals surface area contributed by atoms with Crippen LogP contribution < -0.4 is 5.32 Å². The first-order valence-electron chi connectivity index (χ1n) is 8.49. The van der Waals surface area contributed by atoms with E-state index in [0.717, 1.165) is 6.54 Å². The Balaban J connectivity index is 2.23. The molecule has 0 aliphatic carbocycles. The first-order chi connectivity index (χ1) is 9.77. The lowest BCUT2D eigenvalue weighted by atomic mass is 10.0. The van der Waals surface area contributed by atoms with Crippen molar-refractivity contribution in [1.82, 2.24) is 15.1 Å². The highest BCUT2D eigenvalue weighted by Crippen LogP contribution is 2.20. The predicted molar refractivity (Wildman–Crippen MR) is 86.9 cm³/mol. The van der Waals surface area contributed by atoms with Crippen LogP contribution in [-0.2, 0) is 7.05 Å². The average Bonchev–Trinajstić information content (AvgIpc) is 2.87. The van der Waals surface area contributed by atoms with Crippen LogP contribution in [0.2, 0.25) is 0 Å². The summed E-state index contributed by atoms with van der Waals surface area (Å²) < 4.78 is 1.90.